The third kappa shape index (κ3) is 4.63. The van der Waals surface area contributed by atoms with Crippen LogP contribution in [0, 0.1) is 24.0 Å². The van der Waals surface area contributed by atoms with Crippen LogP contribution >= 0.6 is 11.8 Å². The molecule has 0 atom stereocenters. The van der Waals surface area contributed by atoms with Crippen LogP contribution in [0.2, 0.25) is 0 Å². The van der Waals surface area contributed by atoms with Crippen LogP contribution in [-0.4, -0.2) is 25.6 Å². The van der Waals surface area contributed by atoms with Crippen molar-refractivity contribution in [1.29, 1.82) is 0 Å². The number of carbonyl (C=O) groups excluding carboxylic acids is 1. The number of primary amides is 1. The maximum atomic E-state index is 11.6. The van der Waals surface area contributed by atoms with Gasteiger partial charge in [0.2, 0.25) is 5.91 Å². The molecular weight excluding hydrogens is 438 g/mol. The number of nitro benzene ring substituents is 1. The Kier molecular flexibility index (Phi) is 6.23. The molecule has 0 unspecified atom stereocenters. The number of amides is 1. The van der Waals surface area contributed by atoms with Gasteiger partial charge < -0.3 is 5.73 Å². The Balaban J connectivity index is 1.75. The van der Waals surface area contributed by atoms with E-state index in [2.05, 4.69) is 16.3 Å². The summed E-state index contributed by atoms with van der Waals surface area (Å²) in [7, 11) is 0. The zero-order valence-corrected chi connectivity index (χ0v) is 18.9. The number of hydrogen-bond donors (Lipinski definition) is 1. The van der Waals surface area contributed by atoms with Gasteiger partial charge in [-0.05, 0) is 43.2 Å². The lowest BCUT2D eigenvalue weighted by Gasteiger charge is -2.12. The molecule has 3 aromatic carbocycles. The predicted molar refractivity (Wildman–Crippen MR) is 127 cm³/mol. The average molecular weight is 460 g/mol. The fourth-order valence-corrected chi connectivity index (χ4v) is 4.33. The van der Waals surface area contributed by atoms with E-state index in [1.165, 1.54) is 29.5 Å². The third-order valence-corrected chi connectivity index (χ3v) is 6.32. The van der Waals surface area contributed by atoms with E-state index in [-0.39, 0.29) is 17.0 Å². The zero-order chi connectivity index (χ0) is 23.5. The minimum atomic E-state index is -0.709. The number of aryl methyl sites for hydroxylation is 2. The molecule has 9 heteroatoms. The second-order valence-electron chi connectivity index (χ2n) is 7.53. The lowest BCUT2D eigenvalue weighted by Crippen LogP contribution is -2.11. The van der Waals surface area contributed by atoms with E-state index in [9.17, 15) is 14.9 Å². The van der Waals surface area contributed by atoms with Crippen LogP contribution in [0.1, 0.15) is 27.0 Å². The van der Waals surface area contributed by atoms with Gasteiger partial charge in [-0.2, -0.15) is 0 Å². The number of nitro groups is 1. The molecule has 4 aromatic rings. The topological polar surface area (TPSA) is 117 Å². The highest BCUT2D eigenvalue weighted by Crippen LogP contribution is 2.32. The molecule has 1 heterocycles. The van der Waals surface area contributed by atoms with Gasteiger partial charge in [0.25, 0.3) is 5.69 Å². The van der Waals surface area contributed by atoms with Crippen molar-refractivity contribution in [3.63, 3.8) is 0 Å². The van der Waals surface area contributed by atoms with Gasteiger partial charge in [0.1, 0.15) is 0 Å². The largest absolute Gasteiger partial charge is 0.366 e. The van der Waals surface area contributed by atoms with Crippen LogP contribution in [0.4, 0.5) is 5.69 Å². The van der Waals surface area contributed by atoms with E-state index in [0.717, 1.165) is 16.8 Å². The first-order valence-electron chi connectivity index (χ1n) is 10.1. The van der Waals surface area contributed by atoms with Crippen LogP contribution in [0.25, 0.3) is 17.1 Å². The Labute approximate surface area is 194 Å². The standard InChI is InChI=1S/C24H21N5O3S/c1-15-8-11-20(12-16(15)2)28-23(17-6-4-3-5-7-17)26-27-24(28)33-14-19-10-9-18(22(25)30)13-21(19)29(31)32/h3-13H,14H2,1-2H3,(H2,25,30). The molecule has 0 aliphatic rings. The Morgan fingerprint density at radius 2 is 1.79 bits per heavy atom. The molecule has 1 aromatic heterocycles. The second kappa shape index (κ2) is 9.25. The molecule has 0 radical (unpaired) electrons. The normalized spacial score (nSPS) is 10.8. The number of aromatic nitrogens is 3. The van der Waals surface area contributed by atoms with Crippen molar-refractivity contribution in [2.75, 3.05) is 0 Å². The van der Waals surface area contributed by atoms with E-state index < -0.39 is 10.8 Å². The Bertz CT molecular complexity index is 1350. The molecule has 0 bridgehead atoms. The molecule has 2 N–H and O–H groups in total. The third-order valence-electron chi connectivity index (χ3n) is 5.34. The highest BCUT2D eigenvalue weighted by atomic mass is 32.2. The monoisotopic (exact) mass is 459 g/mol. The van der Waals surface area contributed by atoms with Crippen molar-refractivity contribution in [2.24, 2.45) is 5.73 Å². The Morgan fingerprint density at radius 1 is 1.03 bits per heavy atom. The van der Waals surface area contributed by atoms with Gasteiger partial charge in [-0.15, -0.1) is 10.2 Å². The second-order valence-corrected chi connectivity index (χ2v) is 8.47. The first kappa shape index (κ1) is 22.2. The summed E-state index contributed by atoms with van der Waals surface area (Å²) in [5, 5.41) is 21.0. The molecule has 0 spiro atoms. The molecule has 0 saturated carbocycles. The Morgan fingerprint density at radius 3 is 2.45 bits per heavy atom. The van der Waals surface area contributed by atoms with Crippen molar-refractivity contribution in [3.8, 4) is 17.1 Å². The maximum Gasteiger partial charge on any atom is 0.274 e. The zero-order valence-electron chi connectivity index (χ0n) is 18.1. The SMILES string of the molecule is Cc1ccc(-n2c(SCc3ccc(C(N)=O)cc3[N+](=O)[O-])nnc2-c2ccccc2)cc1C. The van der Waals surface area contributed by atoms with E-state index in [4.69, 9.17) is 5.73 Å². The molecule has 33 heavy (non-hydrogen) atoms. The van der Waals surface area contributed by atoms with Gasteiger partial charge in [-0.25, -0.2) is 0 Å². The summed E-state index contributed by atoms with van der Waals surface area (Å²) in [5.74, 6) is 0.242. The maximum absolute atomic E-state index is 11.6. The van der Waals surface area contributed by atoms with E-state index >= 15 is 0 Å². The Hall–Kier alpha value is -3.98. The van der Waals surface area contributed by atoms with Crippen molar-refractivity contribution in [2.45, 2.75) is 24.8 Å². The smallest absolute Gasteiger partial charge is 0.274 e. The molecule has 1 amide bonds. The first-order chi connectivity index (χ1) is 15.8. The number of carbonyl (C=O) groups is 1. The fourth-order valence-electron chi connectivity index (χ4n) is 3.39. The van der Waals surface area contributed by atoms with Gasteiger partial charge >= 0.3 is 0 Å². The number of nitrogens with two attached hydrogens (primary N) is 1. The lowest BCUT2D eigenvalue weighted by atomic mass is 10.1. The van der Waals surface area contributed by atoms with Crippen LogP contribution in [0.15, 0.2) is 71.9 Å². The highest BCUT2D eigenvalue weighted by molar-refractivity contribution is 7.98. The number of rotatable bonds is 7. The van der Waals surface area contributed by atoms with Crippen molar-refractivity contribution >= 4 is 23.4 Å². The highest BCUT2D eigenvalue weighted by Gasteiger charge is 2.20. The van der Waals surface area contributed by atoms with Gasteiger partial charge in [-0.1, -0.05) is 54.2 Å². The van der Waals surface area contributed by atoms with Crippen LogP contribution in [-0.2, 0) is 5.75 Å². The quantitative estimate of drug-likeness (QED) is 0.240. The summed E-state index contributed by atoms with van der Waals surface area (Å²) < 4.78 is 1.95. The van der Waals surface area contributed by atoms with Crippen molar-refractivity contribution in [1.82, 2.24) is 14.8 Å². The van der Waals surface area contributed by atoms with Crippen LogP contribution in [0.5, 0.6) is 0 Å². The number of nitrogens with zero attached hydrogens (tertiary/aromatic N) is 4. The molecular formula is C24H21N5O3S. The van der Waals surface area contributed by atoms with Crippen LogP contribution < -0.4 is 5.73 Å². The number of thioether (sulfide) groups is 1. The van der Waals surface area contributed by atoms with Gasteiger partial charge in [-0.3, -0.25) is 19.5 Å². The summed E-state index contributed by atoms with van der Waals surface area (Å²) in [6.07, 6.45) is 0. The molecule has 0 aliphatic carbocycles. The van der Waals surface area contributed by atoms with E-state index in [0.29, 0.717) is 16.5 Å². The number of hydrogen-bond acceptors (Lipinski definition) is 6. The summed E-state index contributed by atoms with van der Waals surface area (Å²) in [5.41, 5.74) is 9.80. The lowest BCUT2D eigenvalue weighted by molar-refractivity contribution is -0.385. The average Bonchev–Trinajstić information content (AvgIpc) is 3.23. The first-order valence-corrected chi connectivity index (χ1v) is 11.1. The molecule has 0 aliphatic heterocycles. The molecule has 8 nitrogen and oxygen atoms in total. The van der Waals surface area contributed by atoms with Crippen LogP contribution in [0.3, 0.4) is 0 Å². The van der Waals surface area contributed by atoms with Gasteiger partial charge in [0.05, 0.1) is 10.6 Å². The van der Waals surface area contributed by atoms with E-state index in [1.54, 1.807) is 6.07 Å². The minimum absolute atomic E-state index is 0.0973. The molecule has 4 rings (SSSR count). The molecule has 166 valence electrons. The molecule has 0 saturated heterocycles. The summed E-state index contributed by atoms with van der Waals surface area (Å²) in [6.45, 7) is 4.09. The summed E-state index contributed by atoms with van der Waals surface area (Å²) in [4.78, 5) is 22.5. The van der Waals surface area contributed by atoms with Gasteiger partial charge in [0.15, 0.2) is 11.0 Å². The number of benzene rings is 3. The van der Waals surface area contributed by atoms with Gasteiger partial charge in [0, 0.05) is 28.5 Å². The minimum Gasteiger partial charge on any atom is -0.366 e. The summed E-state index contributed by atoms with van der Waals surface area (Å²) in [6, 6.07) is 20.1. The van der Waals surface area contributed by atoms with Crippen molar-refractivity contribution in [3.05, 3.63) is 99.1 Å². The summed E-state index contributed by atoms with van der Waals surface area (Å²) >= 11 is 1.34. The molecule has 0 fully saturated rings. The fraction of sp³-hybridized carbons (Fsp3) is 0.125. The van der Waals surface area contributed by atoms with Crippen molar-refractivity contribution < 1.29 is 9.72 Å². The predicted octanol–water partition coefficient (Wildman–Crippen LogP) is 4.85. The van der Waals surface area contributed by atoms with E-state index in [1.807, 2.05) is 60.9 Å².